The van der Waals surface area contributed by atoms with E-state index in [0.717, 1.165) is 16.9 Å². The number of anilines is 2. The molecule has 0 bridgehead atoms. The van der Waals surface area contributed by atoms with E-state index in [4.69, 9.17) is 9.47 Å². The van der Waals surface area contributed by atoms with Crippen LogP contribution in [0.25, 0.3) is 0 Å². The van der Waals surface area contributed by atoms with Gasteiger partial charge in [0.15, 0.2) is 0 Å². The van der Waals surface area contributed by atoms with Crippen molar-refractivity contribution >= 4 is 45.8 Å². The normalized spacial score (nSPS) is 10.3. The number of carbonyl (C=O) groups is 4. The molecule has 0 saturated carbocycles. The molecule has 0 fully saturated rings. The Bertz CT molecular complexity index is 1200. The first-order chi connectivity index (χ1) is 15.8. The Labute approximate surface area is 194 Å². The van der Waals surface area contributed by atoms with E-state index in [9.17, 15) is 19.2 Å². The summed E-state index contributed by atoms with van der Waals surface area (Å²) in [5.41, 5.74) is 1.72. The van der Waals surface area contributed by atoms with Gasteiger partial charge in [-0.25, -0.2) is 9.59 Å². The minimum Gasteiger partial charge on any atom is -0.465 e. The molecule has 0 atom stereocenters. The highest BCUT2D eigenvalue weighted by Gasteiger charge is 2.27. The average Bonchev–Trinajstić information content (AvgIpc) is 3.14. The second-order valence-electron chi connectivity index (χ2n) is 6.95. The Hall–Kier alpha value is -3.98. The van der Waals surface area contributed by atoms with Crippen molar-refractivity contribution in [2.24, 2.45) is 0 Å². The van der Waals surface area contributed by atoms with Crippen LogP contribution < -0.4 is 10.6 Å². The smallest absolute Gasteiger partial charge is 0.341 e. The zero-order chi connectivity index (χ0) is 24.0. The molecule has 0 saturated heterocycles. The van der Waals surface area contributed by atoms with Crippen LogP contribution in [-0.2, 0) is 20.7 Å². The number of hydrogen-bond acceptors (Lipinski definition) is 7. The number of nitrogens with one attached hydrogen (secondary N) is 2. The molecule has 0 aliphatic carbocycles. The van der Waals surface area contributed by atoms with Gasteiger partial charge >= 0.3 is 11.9 Å². The quantitative estimate of drug-likeness (QED) is 0.508. The van der Waals surface area contributed by atoms with Crippen molar-refractivity contribution < 1.29 is 28.7 Å². The maximum Gasteiger partial charge on any atom is 0.341 e. The van der Waals surface area contributed by atoms with Crippen molar-refractivity contribution in [3.05, 3.63) is 81.7 Å². The van der Waals surface area contributed by atoms with Crippen molar-refractivity contribution in [1.29, 1.82) is 0 Å². The van der Waals surface area contributed by atoms with Crippen LogP contribution in [0, 0.1) is 6.92 Å². The van der Waals surface area contributed by atoms with Gasteiger partial charge in [0.05, 0.1) is 42.3 Å². The predicted octanol–water partition coefficient (Wildman–Crippen LogP) is 4.06. The minimum atomic E-state index is -0.673. The van der Waals surface area contributed by atoms with Crippen LogP contribution in [0.3, 0.4) is 0 Å². The van der Waals surface area contributed by atoms with Crippen LogP contribution in [0.5, 0.6) is 0 Å². The summed E-state index contributed by atoms with van der Waals surface area (Å²) in [4.78, 5) is 50.2. The van der Waals surface area contributed by atoms with Crippen LogP contribution in [0.15, 0.2) is 54.6 Å². The molecule has 1 heterocycles. The SMILES string of the molecule is COC(=O)c1ccccc1NC(=O)c1sc(NC(=O)Cc2ccccc2)c(C(=O)OC)c1C. The van der Waals surface area contributed by atoms with Gasteiger partial charge < -0.3 is 20.1 Å². The fraction of sp³-hybridized carbons (Fsp3) is 0.167. The summed E-state index contributed by atoms with van der Waals surface area (Å²) in [5.74, 6) is -2.15. The second kappa shape index (κ2) is 10.6. The van der Waals surface area contributed by atoms with E-state index in [2.05, 4.69) is 10.6 Å². The third-order valence-electron chi connectivity index (χ3n) is 4.78. The molecule has 0 unspecified atom stereocenters. The summed E-state index contributed by atoms with van der Waals surface area (Å²) in [5, 5.41) is 5.61. The summed E-state index contributed by atoms with van der Waals surface area (Å²) in [7, 11) is 2.47. The van der Waals surface area contributed by atoms with Gasteiger partial charge in [0.2, 0.25) is 5.91 Å². The van der Waals surface area contributed by atoms with Gasteiger partial charge in [-0.15, -0.1) is 11.3 Å². The monoisotopic (exact) mass is 466 g/mol. The molecule has 0 aliphatic rings. The summed E-state index contributed by atoms with van der Waals surface area (Å²) in [6.45, 7) is 1.59. The Kier molecular flexibility index (Phi) is 7.57. The Morgan fingerprint density at radius 3 is 2.15 bits per heavy atom. The fourth-order valence-corrected chi connectivity index (χ4v) is 4.28. The molecule has 0 aliphatic heterocycles. The molecule has 0 radical (unpaired) electrons. The molecular weight excluding hydrogens is 444 g/mol. The average molecular weight is 467 g/mol. The lowest BCUT2D eigenvalue weighted by Crippen LogP contribution is -2.16. The van der Waals surface area contributed by atoms with E-state index in [-0.39, 0.29) is 39.0 Å². The van der Waals surface area contributed by atoms with E-state index in [1.54, 1.807) is 25.1 Å². The molecule has 0 spiro atoms. The van der Waals surface area contributed by atoms with E-state index in [1.807, 2.05) is 30.3 Å². The number of amides is 2. The Morgan fingerprint density at radius 2 is 1.48 bits per heavy atom. The number of thiophene rings is 1. The van der Waals surface area contributed by atoms with Crippen molar-refractivity contribution in [3.8, 4) is 0 Å². The number of esters is 2. The Morgan fingerprint density at radius 1 is 0.848 bits per heavy atom. The van der Waals surface area contributed by atoms with Gasteiger partial charge in [-0.1, -0.05) is 42.5 Å². The van der Waals surface area contributed by atoms with Crippen LogP contribution in [0.1, 0.15) is 41.5 Å². The molecule has 9 heteroatoms. The zero-order valence-corrected chi connectivity index (χ0v) is 19.1. The van der Waals surface area contributed by atoms with Crippen LogP contribution >= 0.6 is 11.3 Å². The van der Waals surface area contributed by atoms with Crippen LogP contribution in [0.2, 0.25) is 0 Å². The molecule has 3 rings (SSSR count). The number of carbonyl (C=O) groups excluding carboxylic acids is 4. The first-order valence-corrected chi connectivity index (χ1v) is 10.7. The molecule has 2 N–H and O–H groups in total. The molecule has 8 nitrogen and oxygen atoms in total. The summed E-state index contributed by atoms with van der Waals surface area (Å²) >= 11 is 0.955. The van der Waals surface area contributed by atoms with Crippen molar-refractivity contribution in [1.82, 2.24) is 0 Å². The molecule has 3 aromatic rings. The summed E-state index contributed by atoms with van der Waals surface area (Å²) in [6.07, 6.45) is 0.104. The van der Waals surface area contributed by atoms with Crippen molar-refractivity contribution in [2.45, 2.75) is 13.3 Å². The van der Waals surface area contributed by atoms with Gasteiger partial charge in [0.1, 0.15) is 5.00 Å². The molecule has 1 aromatic heterocycles. The molecule has 33 heavy (non-hydrogen) atoms. The topological polar surface area (TPSA) is 111 Å². The van der Waals surface area contributed by atoms with Gasteiger partial charge in [-0.3, -0.25) is 9.59 Å². The third-order valence-corrected chi connectivity index (χ3v) is 5.99. The lowest BCUT2D eigenvalue weighted by atomic mass is 10.1. The lowest BCUT2D eigenvalue weighted by molar-refractivity contribution is -0.115. The van der Waals surface area contributed by atoms with Crippen LogP contribution in [-0.4, -0.2) is 38.0 Å². The van der Waals surface area contributed by atoms with E-state index in [0.29, 0.717) is 5.56 Å². The highest BCUT2D eigenvalue weighted by atomic mass is 32.1. The van der Waals surface area contributed by atoms with Crippen molar-refractivity contribution in [2.75, 3.05) is 24.9 Å². The van der Waals surface area contributed by atoms with Gasteiger partial charge in [-0.05, 0) is 30.2 Å². The highest BCUT2D eigenvalue weighted by Crippen LogP contribution is 2.34. The number of rotatable bonds is 7. The number of para-hydroxylation sites is 1. The van der Waals surface area contributed by atoms with Crippen LogP contribution in [0.4, 0.5) is 10.7 Å². The maximum absolute atomic E-state index is 13.0. The maximum atomic E-state index is 13.0. The Balaban J connectivity index is 1.89. The van der Waals surface area contributed by atoms with E-state index in [1.165, 1.54) is 20.3 Å². The fourth-order valence-electron chi connectivity index (χ4n) is 3.18. The number of ether oxygens (including phenoxy) is 2. The standard InChI is InChI=1S/C24H22N2O6S/c1-14-19(24(30)32-3)22(26-18(27)13-15-9-5-4-6-10-15)33-20(14)21(28)25-17-12-8-7-11-16(17)23(29)31-2/h4-12H,13H2,1-3H3,(H,25,28)(H,26,27). The van der Waals surface area contributed by atoms with Gasteiger partial charge in [0, 0.05) is 0 Å². The zero-order valence-electron chi connectivity index (χ0n) is 18.3. The first-order valence-electron chi connectivity index (χ1n) is 9.89. The summed E-state index contributed by atoms with van der Waals surface area (Å²) in [6, 6.07) is 15.5. The third kappa shape index (κ3) is 5.45. The molecular formula is C24H22N2O6S. The van der Waals surface area contributed by atoms with Gasteiger partial charge in [-0.2, -0.15) is 0 Å². The highest BCUT2D eigenvalue weighted by molar-refractivity contribution is 7.19. The van der Waals surface area contributed by atoms with E-state index >= 15 is 0 Å². The number of hydrogen-bond donors (Lipinski definition) is 2. The molecule has 170 valence electrons. The predicted molar refractivity (Wildman–Crippen MR) is 125 cm³/mol. The first kappa shape index (κ1) is 23.7. The van der Waals surface area contributed by atoms with E-state index < -0.39 is 17.8 Å². The largest absolute Gasteiger partial charge is 0.465 e. The summed E-state index contributed by atoms with van der Waals surface area (Å²) < 4.78 is 9.61. The minimum absolute atomic E-state index is 0.104. The van der Waals surface area contributed by atoms with Gasteiger partial charge in [0.25, 0.3) is 5.91 Å². The molecule has 2 amide bonds. The second-order valence-corrected chi connectivity index (χ2v) is 7.97. The molecule has 2 aromatic carbocycles. The number of benzene rings is 2. The lowest BCUT2D eigenvalue weighted by Gasteiger charge is -2.09. The van der Waals surface area contributed by atoms with Crippen molar-refractivity contribution in [3.63, 3.8) is 0 Å². The number of methoxy groups -OCH3 is 2.